The highest BCUT2D eigenvalue weighted by molar-refractivity contribution is 5.98. The Hall–Kier alpha value is -2.62. The molecule has 2 aromatic carbocycles. The van der Waals surface area contributed by atoms with E-state index in [2.05, 4.69) is 0 Å². The van der Waals surface area contributed by atoms with Gasteiger partial charge >= 0.3 is 5.97 Å². The second kappa shape index (κ2) is 8.47. The Bertz CT molecular complexity index is 730. The maximum absolute atomic E-state index is 13.2. The topological polar surface area (TPSA) is 46.6 Å². The van der Waals surface area contributed by atoms with E-state index < -0.39 is 5.97 Å². The summed E-state index contributed by atoms with van der Waals surface area (Å²) in [5.41, 5.74) is 4.59. The molecule has 0 saturated carbocycles. The number of carbonyl (C=O) groups is 2. The van der Waals surface area contributed by atoms with E-state index >= 15 is 0 Å². The van der Waals surface area contributed by atoms with Gasteiger partial charge in [-0.3, -0.25) is 9.59 Å². The molecule has 0 radical (unpaired) electrons. The third-order valence-corrected chi connectivity index (χ3v) is 4.02. The van der Waals surface area contributed by atoms with Crippen molar-refractivity contribution in [3.63, 3.8) is 0 Å². The number of hydrogen-bond acceptors (Lipinski definition) is 3. The van der Waals surface area contributed by atoms with Crippen molar-refractivity contribution in [2.24, 2.45) is 0 Å². The van der Waals surface area contributed by atoms with Crippen molar-refractivity contribution in [2.75, 3.05) is 13.2 Å². The lowest BCUT2D eigenvalue weighted by molar-refractivity contribution is -0.143. The fraction of sp³-hybridized carbons (Fsp3) is 0.333. The van der Waals surface area contributed by atoms with Crippen LogP contribution in [0, 0.1) is 20.8 Å². The molecule has 0 fully saturated rings. The van der Waals surface area contributed by atoms with E-state index in [9.17, 15) is 9.59 Å². The van der Waals surface area contributed by atoms with Gasteiger partial charge in [-0.1, -0.05) is 48.0 Å². The number of rotatable bonds is 6. The molecule has 1 amide bonds. The van der Waals surface area contributed by atoms with Crippen LogP contribution in [0.15, 0.2) is 42.5 Å². The van der Waals surface area contributed by atoms with E-state index in [0.29, 0.717) is 18.7 Å². The lowest BCUT2D eigenvalue weighted by Crippen LogP contribution is -2.36. The molecule has 0 unspecified atom stereocenters. The van der Waals surface area contributed by atoms with E-state index in [1.165, 1.54) is 0 Å². The molecule has 0 spiro atoms. The molecule has 4 heteroatoms. The molecule has 0 aliphatic carbocycles. The van der Waals surface area contributed by atoms with Crippen molar-refractivity contribution < 1.29 is 14.3 Å². The highest BCUT2D eigenvalue weighted by Crippen LogP contribution is 2.20. The van der Waals surface area contributed by atoms with Gasteiger partial charge in [0.25, 0.3) is 5.91 Å². The van der Waals surface area contributed by atoms with Crippen LogP contribution in [0.5, 0.6) is 0 Å². The zero-order valence-corrected chi connectivity index (χ0v) is 15.3. The first-order valence-electron chi connectivity index (χ1n) is 8.49. The Morgan fingerprint density at radius 1 is 1.00 bits per heavy atom. The third kappa shape index (κ3) is 4.92. The van der Waals surface area contributed by atoms with Gasteiger partial charge in [-0.2, -0.15) is 0 Å². The number of amides is 1. The van der Waals surface area contributed by atoms with Crippen LogP contribution >= 0.6 is 0 Å². The number of hydrogen-bond donors (Lipinski definition) is 0. The summed E-state index contributed by atoms with van der Waals surface area (Å²) in [5.74, 6) is -0.541. The van der Waals surface area contributed by atoms with Crippen LogP contribution in [0.4, 0.5) is 0 Å². The second-order valence-corrected chi connectivity index (χ2v) is 6.23. The molecule has 0 bridgehead atoms. The molecule has 0 atom stereocenters. The lowest BCUT2D eigenvalue weighted by Gasteiger charge is -2.24. The summed E-state index contributed by atoms with van der Waals surface area (Å²) in [4.78, 5) is 26.7. The van der Waals surface area contributed by atoms with Crippen LogP contribution in [0.3, 0.4) is 0 Å². The largest absolute Gasteiger partial charge is 0.465 e. The van der Waals surface area contributed by atoms with Crippen LogP contribution in [0.1, 0.15) is 39.5 Å². The van der Waals surface area contributed by atoms with Gasteiger partial charge in [-0.15, -0.1) is 0 Å². The molecule has 2 rings (SSSR count). The van der Waals surface area contributed by atoms with Crippen molar-refractivity contribution in [3.8, 4) is 0 Å². The minimum absolute atomic E-state index is 0.0612. The molecular formula is C21H25NO3. The normalized spacial score (nSPS) is 10.4. The van der Waals surface area contributed by atoms with Crippen molar-refractivity contribution in [3.05, 3.63) is 70.3 Å². The summed E-state index contributed by atoms with van der Waals surface area (Å²) in [6.07, 6.45) is 0. The average molecular weight is 339 g/mol. The molecule has 4 nitrogen and oxygen atoms in total. The first-order chi connectivity index (χ1) is 11.9. The zero-order valence-electron chi connectivity index (χ0n) is 15.3. The van der Waals surface area contributed by atoms with Gasteiger partial charge in [-0.05, 0) is 44.4 Å². The minimum Gasteiger partial charge on any atom is -0.465 e. The van der Waals surface area contributed by atoms with Crippen LogP contribution in [-0.4, -0.2) is 29.9 Å². The van der Waals surface area contributed by atoms with E-state index in [1.54, 1.807) is 11.8 Å². The molecule has 0 heterocycles. The lowest BCUT2D eigenvalue weighted by atomic mass is 9.98. The van der Waals surface area contributed by atoms with Gasteiger partial charge in [-0.25, -0.2) is 0 Å². The monoisotopic (exact) mass is 339 g/mol. The van der Waals surface area contributed by atoms with Crippen LogP contribution in [-0.2, 0) is 16.1 Å². The highest BCUT2D eigenvalue weighted by Gasteiger charge is 2.23. The number of ether oxygens (including phenoxy) is 1. The van der Waals surface area contributed by atoms with Gasteiger partial charge in [0.05, 0.1) is 6.61 Å². The second-order valence-electron chi connectivity index (χ2n) is 6.23. The predicted molar refractivity (Wildman–Crippen MR) is 98.5 cm³/mol. The molecule has 2 aromatic rings. The molecule has 0 saturated heterocycles. The first-order valence-corrected chi connectivity index (χ1v) is 8.49. The molecule has 132 valence electrons. The fourth-order valence-corrected chi connectivity index (χ4v) is 3.04. The number of nitrogens with zero attached hydrogens (tertiary/aromatic N) is 1. The van der Waals surface area contributed by atoms with Gasteiger partial charge in [0.2, 0.25) is 0 Å². The summed E-state index contributed by atoms with van der Waals surface area (Å²) < 4.78 is 5.04. The van der Waals surface area contributed by atoms with Gasteiger partial charge < -0.3 is 9.64 Å². The van der Waals surface area contributed by atoms with E-state index in [-0.39, 0.29) is 12.5 Å². The average Bonchev–Trinajstić information content (AvgIpc) is 2.54. The number of esters is 1. The van der Waals surface area contributed by atoms with Crippen molar-refractivity contribution in [1.29, 1.82) is 0 Å². The standard InChI is InChI=1S/C21H25NO3/c1-5-25-19(23)14-22(13-18-9-7-6-8-10-18)21(24)20-16(3)11-15(2)12-17(20)4/h6-12H,5,13-14H2,1-4H3. The summed E-state index contributed by atoms with van der Waals surface area (Å²) in [5, 5.41) is 0. The molecular weight excluding hydrogens is 314 g/mol. The third-order valence-electron chi connectivity index (χ3n) is 4.02. The quantitative estimate of drug-likeness (QED) is 0.752. The van der Waals surface area contributed by atoms with Gasteiger partial charge in [0.15, 0.2) is 0 Å². The van der Waals surface area contributed by atoms with Crippen molar-refractivity contribution in [2.45, 2.75) is 34.2 Å². The molecule has 0 N–H and O–H groups in total. The van der Waals surface area contributed by atoms with Crippen LogP contribution in [0.2, 0.25) is 0 Å². The zero-order chi connectivity index (χ0) is 18.4. The minimum atomic E-state index is -0.394. The summed E-state index contributed by atoms with van der Waals surface area (Å²) in [6, 6.07) is 13.6. The van der Waals surface area contributed by atoms with Crippen molar-refractivity contribution in [1.82, 2.24) is 4.90 Å². The number of benzene rings is 2. The molecule has 0 aliphatic rings. The highest BCUT2D eigenvalue weighted by atomic mass is 16.5. The fourth-order valence-electron chi connectivity index (χ4n) is 3.04. The van der Waals surface area contributed by atoms with Gasteiger partial charge in [0.1, 0.15) is 6.54 Å². The number of aryl methyl sites for hydroxylation is 3. The Balaban J connectivity index is 2.33. The van der Waals surface area contributed by atoms with E-state index in [0.717, 1.165) is 22.3 Å². The summed E-state index contributed by atoms with van der Waals surface area (Å²) in [6.45, 7) is 8.23. The Morgan fingerprint density at radius 3 is 2.16 bits per heavy atom. The SMILES string of the molecule is CCOC(=O)CN(Cc1ccccc1)C(=O)c1c(C)cc(C)cc1C. The summed E-state index contributed by atoms with van der Waals surface area (Å²) >= 11 is 0. The van der Waals surface area contributed by atoms with Gasteiger partial charge in [0, 0.05) is 12.1 Å². The first kappa shape index (κ1) is 18.7. The molecule has 0 aromatic heterocycles. The molecule has 0 aliphatic heterocycles. The molecule has 25 heavy (non-hydrogen) atoms. The maximum atomic E-state index is 13.2. The maximum Gasteiger partial charge on any atom is 0.325 e. The Morgan fingerprint density at radius 2 is 1.60 bits per heavy atom. The van der Waals surface area contributed by atoms with Crippen LogP contribution < -0.4 is 0 Å². The van der Waals surface area contributed by atoms with Crippen molar-refractivity contribution >= 4 is 11.9 Å². The number of carbonyl (C=O) groups excluding carboxylic acids is 2. The Labute approximate surface area is 149 Å². The van der Waals surface area contributed by atoms with E-state index in [4.69, 9.17) is 4.74 Å². The predicted octanol–water partition coefficient (Wildman–Crippen LogP) is 3.82. The summed E-state index contributed by atoms with van der Waals surface area (Å²) in [7, 11) is 0. The van der Waals surface area contributed by atoms with E-state index in [1.807, 2.05) is 63.2 Å². The smallest absolute Gasteiger partial charge is 0.325 e. The Kier molecular flexibility index (Phi) is 6.34. The van der Waals surface area contributed by atoms with Crippen LogP contribution in [0.25, 0.3) is 0 Å².